The van der Waals surface area contributed by atoms with Crippen LogP contribution in [0.5, 0.6) is 0 Å². The van der Waals surface area contributed by atoms with Gasteiger partial charge in [0.05, 0.1) is 23.6 Å². The highest BCUT2D eigenvalue weighted by molar-refractivity contribution is 7.12. The van der Waals surface area contributed by atoms with Gasteiger partial charge in [0.2, 0.25) is 0 Å². The van der Waals surface area contributed by atoms with Crippen molar-refractivity contribution in [3.8, 4) is 0 Å². The highest BCUT2D eigenvalue weighted by Crippen LogP contribution is 2.17. The Kier molecular flexibility index (Phi) is 5.37. The van der Waals surface area contributed by atoms with Crippen molar-refractivity contribution in [3.63, 3.8) is 0 Å². The summed E-state index contributed by atoms with van der Waals surface area (Å²) in [4.78, 5) is 12.5. The van der Waals surface area contributed by atoms with Crippen LogP contribution in [0, 0.1) is 5.41 Å². The van der Waals surface area contributed by atoms with Gasteiger partial charge in [-0.2, -0.15) is 0 Å². The van der Waals surface area contributed by atoms with E-state index in [1.54, 1.807) is 6.07 Å². The minimum Gasteiger partial charge on any atom is -0.389 e. The number of nitrogens with one attached hydrogen (secondary N) is 2. The molecule has 6 heteroatoms. The van der Waals surface area contributed by atoms with Gasteiger partial charge in [0.15, 0.2) is 0 Å². The van der Waals surface area contributed by atoms with Crippen LogP contribution in [-0.4, -0.2) is 49.0 Å². The second-order valence-electron chi connectivity index (χ2n) is 6.60. The number of carbonyl (C=O) groups is 1. The molecule has 2 rings (SSSR count). The maximum atomic E-state index is 11.9. The molecule has 0 bridgehead atoms. The third kappa shape index (κ3) is 4.78. The lowest BCUT2D eigenvalue weighted by Crippen LogP contribution is -2.46. The van der Waals surface area contributed by atoms with Crippen LogP contribution >= 0.6 is 11.3 Å². The topological polar surface area (TPSA) is 70.6 Å². The van der Waals surface area contributed by atoms with Crippen LogP contribution < -0.4 is 10.6 Å². The summed E-state index contributed by atoms with van der Waals surface area (Å²) in [6, 6.07) is 3.54. The Bertz CT molecular complexity index is 456. The van der Waals surface area contributed by atoms with E-state index in [1.807, 2.05) is 11.4 Å². The van der Waals surface area contributed by atoms with Crippen molar-refractivity contribution >= 4 is 17.2 Å². The Hall–Kier alpha value is -0.950. The number of hydrogen-bond acceptors (Lipinski definition) is 5. The van der Waals surface area contributed by atoms with E-state index in [-0.39, 0.29) is 23.5 Å². The standard InChI is InChI=1S/C15H24N2O3S/c1-15(2,3)9-17-10-8-20-11(13(10)18)7-16-14(19)12-5-4-6-21-12/h4-6,10-11,13,17-18H,7-9H2,1-3H3,(H,16,19). The van der Waals surface area contributed by atoms with Gasteiger partial charge in [-0.25, -0.2) is 0 Å². The second kappa shape index (κ2) is 6.87. The van der Waals surface area contributed by atoms with Crippen molar-refractivity contribution in [2.24, 2.45) is 5.41 Å². The van der Waals surface area contributed by atoms with Crippen LogP contribution in [0.1, 0.15) is 30.4 Å². The predicted octanol–water partition coefficient (Wildman–Crippen LogP) is 1.24. The van der Waals surface area contributed by atoms with Gasteiger partial charge >= 0.3 is 0 Å². The van der Waals surface area contributed by atoms with E-state index in [9.17, 15) is 9.90 Å². The molecule has 2 heterocycles. The minimum absolute atomic E-state index is 0.0761. The number of aliphatic hydroxyl groups is 1. The van der Waals surface area contributed by atoms with E-state index in [0.717, 1.165) is 6.54 Å². The zero-order valence-corrected chi connectivity index (χ0v) is 13.6. The maximum Gasteiger partial charge on any atom is 0.261 e. The first-order valence-corrected chi connectivity index (χ1v) is 8.09. The van der Waals surface area contributed by atoms with Crippen LogP contribution in [0.3, 0.4) is 0 Å². The van der Waals surface area contributed by atoms with Crippen LogP contribution in [-0.2, 0) is 4.74 Å². The fourth-order valence-corrected chi connectivity index (χ4v) is 2.81. The number of carbonyl (C=O) groups excluding carboxylic acids is 1. The monoisotopic (exact) mass is 312 g/mol. The third-order valence-corrected chi connectivity index (χ3v) is 4.26. The normalized spacial score (nSPS) is 26.0. The Morgan fingerprint density at radius 2 is 2.29 bits per heavy atom. The van der Waals surface area contributed by atoms with E-state index in [0.29, 0.717) is 18.0 Å². The SMILES string of the molecule is CC(C)(C)CNC1COC(CNC(=O)c2cccs2)C1O. The summed E-state index contributed by atoms with van der Waals surface area (Å²) in [5, 5.41) is 18.3. The second-order valence-corrected chi connectivity index (χ2v) is 7.55. The average Bonchev–Trinajstić information content (AvgIpc) is 3.03. The first-order valence-electron chi connectivity index (χ1n) is 7.21. The fourth-order valence-electron chi connectivity index (χ4n) is 2.17. The van der Waals surface area contributed by atoms with E-state index < -0.39 is 6.10 Å². The molecule has 1 amide bonds. The van der Waals surface area contributed by atoms with Gasteiger partial charge in [-0.05, 0) is 16.9 Å². The van der Waals surface area contributed by atoms with Gasteiger partial charge in [0.1, 0.15) is 6.10 Å². The molecule has 0 aliphatic carbocycles. The lowest BCUT2D eigenvalue weighted by atomic mass is 9.96. The molecule has 1 fully saturated rings. The third-order valence-electron chi connectivity index (χ3n) is 3.39. The minimum atomic E-state index is -0.601. The summed E-state index contributed by atoms with van der Waals surface area (Å²) in [6.07, 6.45) is -0.956. The quantitative estimate of drug-likeness (QED) is 0.765. The number of hydrogen-bond donors (Lipinski definition) is 3. The van der Waals surface area contributed by atoms with Gasteiger partial charge < -0.3 is 20.5 Å². The fraction of sp³-hybridized carbons (Fsp3) is 0.667. The van der Waals surface area contributed by atoms with Crippen molar-refractivity contribution < 1.29 is 14.6 Å². The van der Waals surface area contributed by atoms with Gasteiger partial charge in [-0.1, -0.05) is 26.8 Å². The number of amides is 1. The molecule has 3 N–H and O–H groups in total. The molecule has 1 aromatic heterocycles. The summed E-state index contributed by atoms with van der Waals surface area (Å²) >= 11 is 1.40. The molecule has 1 saturated heterocycles. The smallest absolute Gasteiger partial charge is 0.261 e. The molecule has 0 spiro atoms. The highest BCUT2D eigenvalue weighted by atomic mass is 32.1. The molecule has 3 unspecified atom stereocenters. The summed E-state index contributed by atoms with van der Waals surface area (Å²) < 4.78 is 5.59. The lowest BCUT2D eigenvalue weighted by molar-refractivity contribution is 0.0397. The zero-order valence-electron chi connectivity index (χ0n) is 12.8. The van der Waals surface area contributed by atoms with Crippen molar-refractivity contribution in [1.29, 1.82) is 0 Å². The Balaban J connectivity index is 1.76. The maximum absolute atomic E-state index is 11.9. The lowest BCUT2D eigenvalue weighted by Gasteiger charge is -2.24. The molecule has 21 heavy (non-hydrogen) atoms. The molecule has 0 radical (unpaired) electrons. The molecule has 1 aromatic rings. The largest absolute Gasteiger partial charge is 0.389 e. The molecular formula is C15H24N2O3S. The van der Waals surface area contributed by atoms with Gasteiger partial charge in [-0.15, -0.1) is 11.3 Å². The van der Waals surface area contributed by atoms with Crippen molar-refractivity contribution in [1.82, 2.24) is 10.6 Å². The molecule has 1 aliphatic rings. The van der Waals surface area contributed by atoms with Crippen molar-refractivity contribution in [3.05, 3.63) is 22.4 Å². The summed E-state index contributed by atoms with van der Waals surface area (Å²) in [5.74, 6) is -0.119. The zero-order chi connectivity index (χ0) is 15.5. The van der Waals surface area contributed by atoms with Crippen LogP contribution in [0.2, 0.25) is 0 Å². The average molecular weight is 312 g/mol. The number of thiophene rings is 1. The molecule has 3 atom stereocenters. The highest BCUT2D eigenvalue weighted by Gasteiger charge is 2.36. The number of aliphatic hydroxyl groups excluding tert-OH is 1. The van der Waals surface area contributed by atoms with Gasteiger partial charge in [0.25, 0.3) is 5.91 Å². The Labute approximate surface area is 129 Å². The van der Waals surface area contributed by atoms with Crippen molar-refractivity contribution in [2.75, 3.05) is 19.7 Å². The molecule has 118 valence electrons. The molecular weight excluding hydrogens is 288 g/mol. The van der Waals surface area contributed by atoms with Crippen LogP contribution in [0.4, 0.5) is 0 Å². The van der Waals surface area contributed by atoms with Crippen molar-refractivity contribution in [2.45, 2.75) is 39.0 Å². The number of ether oxygens (including phenoxy) is 1. The Morgan fingerprint density at radius 1 is 1.52 bits per heavy atom. The Morgan fingerprint density at radius 3 is 2.90 bits per heavy atom. The van der Waals surface area contributed by atoms with Crippen LogP contribution in [0.25, 0.3) is 0 Å². The molecule has 5 nitrogen and oxygen atoms in total. The van der Waals surface area contributed by atoms with E-state index >= 15 is 0 Å². The summed E-state index contributed by atoms with van der Waals surface area (Å²) in [5.41, 5.74) is 0.158. The van der Waals surface area contributed by atoms with Gasteiger partial charge in [0, 0.05) is 13.1 Å². The summed E-state index contributed by atoms with van der Waals surface area (Å²) in [6.45, 7) is 8.03. The predicted molar refractivity (Wildman–Crippen MR) is 83.6 cm³/mol. The molecule has 0 aromatic carbocycles. The first kappa shape index (κ1) is 16.4. The molecule has 1 aliphatic heterocycles. The van der Waals surface area contributed by atoms with E-state index in [1.165, 1.54) is 11.3 Å². The van der Waals surface area contributed by atoms with Crippen LogP contribution in [0.15, 0.2) is 17.5 Å². The van der Waals surface area contributed by atoms with E-state index in [2.05, 4.69) is 31.4 Å². The number of rotatable bonds is 5. The van der Waals surface area contributed by atoms with E-state index in [4.69, 9.17) is 4.74 Å². The van der Waals surface area contributed by atoms with Gasteiger partial charge in [-0.3, -0.25) is 4.79 Å². The first-order chi connectivity index (χ1) is 9.87. The molecule has 0 saturated carbocycles. The summed E-state index contributed by atoms with van der Waals surface area (Å²) in [7, 11) is 0.